The summed E-state index contributed by atoms with van der Waals surface area (Å²) < 4.78 is 41.6. The van der Waals surface area contributed by atoms with Gasteiger partial charge in [0.2, 0.25) is 15.9 Å². The number of carbonyl (C=O) groups is 1. The van der Waals surface area contributed by atoms with Gasteiger partial charge in [0.15, 0.2) is 0 Å². The Morgan fingerprint density at radius 2 is 1.88 bits per heavy atom. The Kier molecular flexibility index (Phi) is 5.32. The predicted molar refractivity (Wildman–Crippen MR) is 118 cm³/mol. The fourth-order valence-electron chi connectivity index (χ4n) is 3.98. The van der Waals surface area contributed by atoms with E-state index in [0.29, 0.717) is 31.7 Å². The van der Waals surface area contributed by atoms with Gasteiger partial charge in [0.1, 0.15) is 5.82 Å². The third kappa shape index (κ3) is 3.62. The van der Waals surface area contributed by atoms with Gasteiger partial charge in [0.05, 0.1) is 33.1 Å². The summed E-state index contributed by atoms with van der Waals surface area (Å²) in [6, 6.07) is 10.6. The highest BCUT2D eigenvalue weighted by molar-refractivity contribution is 7.89. The molecule has 32 heavy (non-hydrogen) atoms. The Morgan fingerprint density at radius 1 is 1.12 bits per heavy atom. The highest BCUT2D eigenvalue weighted by atomic mass is 32.2. The van der Waals surface area contributed by atoms with Crippen molar-refractivity contribution >= 4 is 37.5 Å². The van der Waals surface area contributed by atoms with Crippen LogP contribution in [-0.2, 0) is 14.8 Å². The number of likely N-dealkylation sites (tertiary alicyclic amines) is 1. The van der Waals surface area contributed by atoms with Crippen LogP contribution in [0.5, 0.6) is 0 Å². The Labute approximate surface area is 188 Å². The number of fused-ring (bicyclic) bond motifs is 1. The molecule has 2 aromatic carbocycles. The highest BCUT2D eigenvalue weighted by Gasteiger charge is 2.39. The second kappa shape index (κ2) is 8.04. The molecular formula is C22H20FN3O4S2. The van der Waals surface area contributed by atoms with Crippen LogP contribution in [0.15, 0.2) is 64.0 Å². The van der Waals surface area contributed by atoms with Gasteiger partial charge in [0, 0.05) is 26.2 Å². The number of benzene rings is 2. The van der Waals surface area contributed by atoms with E-state index in [4.69, 9.17) is 0 Å². The lowest BCUT2D eigenvalue weighted by atomic mass is 9.92. The van der Waals surface area contributed by atoms with E-state index in [1.165, 1.54) is 33.8 Å². The fraction of sp³-hybridized carbons (Fsp3) is 0.273. The first kappa shape index (κ1) is 21.2. The molecule has 0 aliphatic carbocycles. The van der Waals surface area contributed by atoms with Gasteiger partial charge in [-0.2, -0.15) is 4.31 Å². The molecule has 0 radical (unpaired) electrons. The van der Waals surface area contributed by atoms with Crippen LogP contribution in [0.2, 0.25) is 0 Å². The van der Waals surface area contributed by atoms with Crippen molar-refractivity contribution in [3.63, 3.8) is 0 Å². The number of aromatic nitrogens is 1. The minimum Gasteiger partial charge on any atom is -0.395 e. The van der Waals surface area contributed by atoms with Crippen molar-refractivity contribution in [1.82, 2.24) is 14.2 Å². The number of sulfonamides is 1. The number of amides is 1. The molecule has 10 heteroatoms. The molecule has 5 rings (SSSR count). The maximum atomic E-state index is 13.5. The number of rotatable bonds is 5. The molecule has 3 heterocycles. The van der Waals surface area contributed by atoms with Crippen molar-refractivity contribution in [1.29, 1.82) is 0 Å². The van der Waals surface area contributed by atoms with Crippen molar-refractivity contribution in [3.8, 4) is 0 Å². The Bertz CT molecular complexity index is 1340. The number of aliphatic hydroxyl groups is 1. The molecule has 2 aliphatic rings. The van der Waals surface area contributed by atoms with Crippen molar-refractivity contribution in [2.45, 2.75) is 10.8 Å². The van der Waals surface area contributed by atoms with Gasteiger partial charge < -0.3 is 10.0 Å². The van der Waals surface area contributed by atoms with E-state index >= 15 is 0 Å². The molecular weight excluding hydrogens is 453 g/mol. The first-order valence-corrected chi connectivity index (χ1v) is 12.4. The minimum absolute atomic E-state index is 0.254. The fourth-order valence-corrected chi connectivity index (χ4v) is 6.23. The summed E-state index contributed by atoms with van der Waals surface area (Å²) in [5.41, 5.74) is 4.96. The zero-order valence-electron chi connectivity index (χ0n) is 16.9. The van der Waals surface area contributed by atoms with Crippen LogP contribution < -0.4 is 0 Å². The molecule has 1 unspecified atom stereocenters. The summed E-state index contributed by atoms with van der Waals surface area (Å²) >= 11 is 1.40. The van der Waals surface area contributed by atoms with Gasteiger partial charge in [-0.1, -0.05) is 12.1 Å². The minimum atomic E-state index is -3.58. The van der Waals surface area contributed by atoms with E-state index in [-0.39, 0.29) is 10.8 Å². The van der Waals surface area contributed by atoms with Gasteiger partial charge in [-0.25, -0.2) is 17.8 Å². The highest BCUT2D eigenvalue weighted by Crippen LogP contribution is 2.33. The zero-order valence-corrected chi connectivity index (χ0v) is 18.6. The quantitative estimate of drug-likeness (QED) is 0.575. The first-order chi connectivity index (χ1) is 15.4. The Morgan fingerprint density at radius 3 is 2.59 bits per heavy atom. The summed E-state index contributed by atoms with van der Waals surface area (Å²) in [7, 11) is -3.58. The third-order valence-electron chi connectivity index (χ3n) is 5.98. The van der Waals surface area contributed by atoms with Gasteiger partial charge in [0.25, 0.3) is 0 Å². The van der Waals surface area contributed by atoms with Crippen LogP contribution in [-0.4, -0.2) is 66.4 Å². The molecule has 3 aromatic rings. The van der Waals surface area contributed by atoms with Gasteiger partial charge in [-0.05, 0) is 47.0 Å². The SMILES string of the molecule is O=C(C(CO)c1cccc(F)c1)N1CC(=C2CN(S(=O)(=O)c3ccc4ncsc4c3)C2)C1. The van der Waals surface area contributed by atoms with Crippen LogP contribution in [0, 0.1) is 5.82 Å². The molecule has 0 bridgehead atoms. The summed E-state index contributed by atoms with van der Waals surface area (Å²) in [4.78, 5) is 18.8. The number of thiazole rings is 1. The standard InChI is InChI=1S/C22H20FN3O4S2/c23-17-3-1-2-14(6-17)19(12-27)22(28)25-8-15(9-25)16-10-26(11-16)32(29,30)18-4-5-20-21(7-18)31-13-24-20/h1-7,13,19,27H,8-12H2. The number of aliphatic hydroxyl groups excluding tert-OH is 1. The molecule has 2 aliphatic heterocycles. The Hall–Kier alpha value is -2.66. The lowest BCUT2D eigenvalue weighted by Crippen LogP contribution is -2.52. The average molecular weight is 474 g/mol. The number of carbonyl (C=O) groups excluding carboxylic acids is 1. The van der Waals surface area contributed by atoms with Crippen LogP contribution in [0.3, 0.4) is 0 Å². The number of halogens is 1. The summed E-state index contributed by atoms with van der Waals surface area (Å²) in [6.45, 7) is 1.03. The molecule has 1 aromatic heterocycles. The maximum Gasteiger partial charge on any atom is 0.243 e. The Balaban J connectivity index is 1.23. The van der Waals surface area contributed by atoms with Crippen molar-refractivity contribution in [2.75, 3.05) is 32.8 Å². The molecule has 0 saturated carbocycles. The second-order valence-electron chi connectivity index (χ2n) is 7.95. The molecule has 0 spiro atoms. The number of hydrogen-bond donors (Lipinski definition) is 1. The first-order valence-electron chi connectivity index (χ1n) is 10.0. The molecule has 1 N–H and O–H groups in total. The van der Waals surface area contributed by atoms with Gasteiger partial charge >= 0.3 is 0 Å². The average Bonchev–Trinajstić information content (AvgIpc) is 3.17. The van der Waals surface area contributed by atoms with E-state index < -0.39 is 28.4 Å². The molecule has 1 atom stereocenters. The molecule has 1 amide bonds. The van der Waals surface area contributed by atoms with Crippen molar-refractivity contribution in [2.24, 2.45) is 0 Å². The van der Waals surface area contributed by atoms with Crippen LogP contribution >= 0.6 is 11.3 Å². The second-order valence-corrected chi connectivity index (χ2v) is 10.8. The van der Waals surface area contributed by atoms with Crippen molar-refractivity contribution < 1.29 is 22.7 Å². The maximum absolute atomic E-state index is 13.5. The summed E-state index contributed by atoms with van der Waals surface area (Å²) in [5, 5.41) is 9.67. The lowest BCUT2D eigenvalue weighted by Gasteiger charge is -2.42. The predicted octanol–water partition coefficient (Wildman–Crippen LogP) is 2.35. The zero-order chi connectivity index (χ0) is 22.5. The van der Waals surface area contributed by atoms with E-state index in [2.05, 4.69) is 4.98 Å². The molecule has 2 fully saturated rings. The molecule has 2 saturated heterocycles. The summed E-state index contributed by atoms with van der Waals surface area (Å²) in [6.07, 6.45) is 0. The van der Waals surface area contributed by atoms with Crippen LogP contribution in [0.4, 0.5) is 4.39 Å². The van der Waals surface area contributed by atoms with E-state index in [9.17, 15) is 22.7 Å². The summed E-state index contributed by atoms with van der Waals surface area (Å²) in [5.74, 6) is -1.52. The third-order valence-corrected chi connectivity index (χ3v) is 8.56. The van der Waals surface area contributed by atoms with E-state index in [1.807, 2.05) is 0 Å². The molecule has 7 nitrogen and oxygen atoms in total. The largest absolute Gasteiger partial charge is 0.395 e. The van der Waals surface area contributed by atoms with Crippen molar-refractivity contribution in [3.05, 3.63) is 70.5 Å². The van der Waals surface area contributed by atoms with Crippen LogP contribution in [0.25, 0.3) is 10.2 Å². The molecule has 166 valence electrons. The van der Waals surface area contributed by atoms with E-state index in [1.54, 1.807) is 34.7 Å². The topological polar surface area (TPSA) is 90.8 Å². The van der Waals surface area contributed by atoms with E-state index in [0.717, 1.165) is 21.4 Å². The lowest BCUT2D eigenvalue weighted by molar-refractivity contribution is -0.135. The van der Waals surface area contributed by atoms with Gasteiger partial charge in [-0.15, -0.1) is 11.3 Å². The normalized spacial score (nSPS) is 17.9. The van der Waals surface area contributed by atoms with Crippen LogP contribution in [0.1, 0.15) is 11.5 Å². The number of hydrogen-bond acceptors (Lipinski definition) is 6. The smallest absolute Gasteiger partial charge is 0.243 e. The monoisotopic (exact) mass is 473 g/mol. The number of nitrogens with zero attached hydrogens (tertiary/aromatic N) is 3. The van der Waals surface area contributed by atoms with Gasteiger partial charge in [-0.3, -0.25) is 4.79 Å².